The molecule has 0 bridgehead atoms. The minimum absolute atomic E-state index is 0.356. The Morgan fingerprint density at radius 1 is 1.00 bits per heavy atom. The quantitative estimate of drug-likeness (QED) is 0.426. The van der Waals surface area contributed by atoms with Gasteiger partial charge in [-0.05, 0) is 57.1 Å². The lowest BCUT2D eigenvalue weighted by Gasteiger charge is -2.30. The van der Waals surface area contributed by atoms with Crippen molar-refractivity contribution in [2.75, 3.05) is 0 Å². The second-order valence-electron chi connectivity index (χ2n) is 9.25. The molecule has 1 aliphatic rings. The van der Waals surface area contributed by atoms with Crippen LogP contribution in [0.2, 0.25) is 0 Å². The van der Waals surface area contributed by atoms with Crippen molar-refractivity contribution in [2.45, 2.75) is 92.1 Å². The van der Waals surface area contributed by atoms with Gasteiger partial charge in [0.1, 0.15) is 0 Å². The molecule has 2 atom stereocenters. The van der Waals surface area contributed by atoms with E-state index in [9.17, 15) is 14.2 Å². The Morgan fingerprint density at radius 3 is 2.07 bits per heavy atom. The molecule has 2 unspecified atom stereocenters. The standard InChI is InChI=1S/C24H37O4P/c1-16(2)12-13-18(4)23(25)28-29(27,21-10-8-7-9-11-21)24(26)22-19(5)14-17(3)15-20(22)6/h14-16,18,21H,7-13H2,1-6H3. The van der Waals surface area contributed by atoms with Gasteiger partial charge in [0, 0.05) is 5.56 Å². The lowest BCUT2D eigenvalue weighted by Crippen LogP contribution is -2.25. The molecule has 162 valence electrons. The molecule has 0 N–H and O–H groups in total. The molecule has 0 spiro atoms. The number of hydrogen-bond donors (Lipinski definition) is 0. The van der Waals surface area contributed by atoms with E-state index in [-0.39, 0.29) is 11.6 Å². The average molecular weight is 421 g/mol. The van der Waals surface area contributed by atoms with E-state index in [1.165, 1.54) is 0 Å². The number of hydrogen-bond acceptors (Lipinski definition) is 4. The minimum Gasteiger partial charge on any atom is -0.405 e. The van der Waals surface area contributed by atoms with Crippen LogP contribution in [0.15, 0.2) is 12.1 Å². The molecule has 1 fully saturated rings. The van der Waals surface area contributed by atoms with Crippen molar-refractivity contribution in [3.8, 4) is 0 Å². The Morgan fingerprint density at radius 2 is 1.55 bits per heavy atom. The molecule has 1 aliphatic carbocycles. The summed E-state index contributed by atoms with van der Waals surface area (Å²) in [5.41, 5.74) is 2.30. The van der Waals surface area contributed by atoms with Crippen LogP contribution >= 0.6 is 7.37 Å². The van der Waals surface area contributed by atoms with E-state index in [0.29, 0.717) is 30.7 Å². The first-order valence-corrected chi connectivity index (χ1v) is 12.7. The van der Waals surface area contributed by atoms with Crippen molar-refractivity contribution >= 4 is 18.9 Å². The smallest absolute Gasteiger partial charge is 0.321 e. The highest BCUT2D eigenvalue weighted by atomic mass is 31.2. The summed E-state index contributed by atoms with van der Waals surface area (Å²) in [6, 6.07) is 3.86. The molecule has 0 saturated heterocycles. The van der Waals surface area contributed by atoms with Crippen LogP contribution in [0.25, 0.3) is 0 Å². The van der Waals surface area contributed by atoms with Crippen LogP contribution in [0.4, 0.5) is 0 Å². The molecule has 0 aliphatic heterocycles. The first-order valence-electron chi connectivity index (χ1n) is 11.0. The number of carbonyl (C=O) groups is 2. The normalized spacial score (nSPS) is 18.3. The maximum atomic E-state index is 14.1. The molecule has 29 heavy (non-hydrogen) atoms. The summed E-state index contributed by atoms with van der Waals surface area (Å²) >= 11 is 0. The number of carbonyl (C=O) groups excluding carboxylic acids is 2. The fraction of sp³-hybridized carbons (Fsp3) is 0.667. The van der Waals surface area contributed by atoms with E-state index >= 15 is 0 Å². The highest BCUT2D eigenvalue weighted by molar-refractivity contribution is 7.78. The van der Waals surface area contributed by atoms with Gasteiger partial charge in [-0.25, -0.2) is 0 Å². The topological polar surface area (TPSA) is 60.4 Å². The van der Waals surface area contributed by atoms with Gasteiger partial charge in [0.25, 0.3) is 5.52 Å². The van der Waals surface area contributed by atoms with Crippen molar-refractivity contribution < 1.29 is 18.7 Å². The zero-order valence-corrected chi connectivity index (χ0v) is 19.8. The van der Waals surface area contributed by atoms with Gasteiger partial charge in [-0.2, -0.15) is 0 Å². The SMILES string of the molecule is Cc1cc(C)c(C(=O)P(=O)(OC(=O)C(C)CCC(C)C)C2CCCCC2)c(C)c1. The van der Waals surface area contributed by atoms with Crippen LogP contribution in [-0.2, 0) is 13.9 Å². The Balaban J connectivity index is 2.37. The fourth-order valence-corrected chi connectivity index (χ4v) is 7.02. The highest BCUT2D eigenvalue weighted by Gasteiger charge is 2.46. The minimum atomic E-state index is -3.82. The third kappa shape index (κ3) is 5.81. The molecule has 0 heterocycles. The van der Waals surface area contributed by atoms with Crippen molar-refractivity contribution in [3.63, 3.8) is 0 Å². The van der Waals surface area contributed by atoms with E-state index in [0.717, 1.165) is 42.4 Å². The third-order valence-corrected chi connectivity index (χ3v) is 8.75. The maximum Gasteiger partial charge on any atom is 0.321 e. The highest BCUT2D eigenvalue weighted by Crippen LogP contribution is 2.59. The molecule has 0 amide bonds. The first-order chi connectivity index (χ1) is 13.6. The van der Waals surface area contributed by atoms with Crippen LogP contribution in [0.3, 0.4) is 0 Å². The Hall–Kier alpha value is -1.41. The van der Waals surface area contributed by atoms with Gasteiger partial charge in [-0.3, -0.25) is 14.2 Å². The second kappa shape index (κ2) is 10.1. The van der Waals surface area contributed by atoms with Gasteiger partial charge < -0.3 is 4.52 Å². The van der Waals surface area contributed by atoms with E-state index in [1.54, 1.807) is 0 Å². The fourth-order valence-electron chi connectivity index (χ4n) is 4.30. The molecular formula is C24H37O4P. The molecule has 1 aromatic carbocycles. The predicted molar refractivity (Wildman–Crippen MR) is 119 cm³/mol. The lowest BCUT2D eigenvalue weighted by atomic mass is 10.00. The number of benzene rings is 1. The van der Waals surface area contributed by atoms with E-state index < -0.39 is 18.9 Å². The summed E-state index contributed by atoms with van der Waals surface area (Å²) < 4.78 is 19.8. The van der Waals surface area contributed by atoms with E-state index in [4.69, 9.17) is 4.52 Å². The number of rotatable bonds is 8. The summed E-state index contributed by atoms with van der Waals surface area (Å²) in [5.74, 6) is -0.368. The Bertz CT molecular complexity index is 767. The van der Waals surface area contributed by atoms with Crippen LogP contribution in [0.1, 0.15) is 92.8 Å². The van der Waals surface area contributed by atoms with Gasteiger partial charge in [-0.1, -0.05) is 64.2 Å². The van der Waals surface area contributed by atoms with Crippen LogP contribution in [0.5, 0.6) is 0 Å². The average Bonchev–Trinajstić information content (AvgIpc) is 2.65. The van der Waals surface area contributed by atoms with Crippen LogP contribution in [0, 0.1) is 32.6 Å². The molecular weight excluding hydrogens is 383 g/mol. The van der Waals surface area contributed by atoms with Crippen molar-refractivity contribution in [2.24, 2.45) is 11.8 Å². The second-order valence-corrected chi connectivity index (χ2v) is 11.8. The van der Waals surface area contributed by atoms with Gasteiger partial charge in [0.15, 0.2) is 0 Å². The summed E-state index contributed by atoms with van der Waals surface area (Å²) in [6.07, 6.45) is 5.86. The summed E-state index contributed by atoms with van der Waals surface area (Å²) in [5, 5.41) is 0. The van der Waals surface area contributed by atoms with Gasteiger partial charge in [0.2, 0.25) is 0 Å². The monoisotopic (exact) mass is 420 g/mol. The maximum absolute atomic E-state index is 14.1. The van der Waals surface area contributed by atoms with Crippen LogP contribution in [-0.4, -0.2) is 17.2 Å². The number of aryl methyl sites for hydroxylation is 3. The van der Waals surface area contributed by atoms with Gasteiger partial charge in [0.05, 0.1) is 11.6 Å². The molecule has 0 radical (unpaired) electrons. The van der Waals surface area contributed by atoms with Gasteiger partial charge in [-0.15, -0.1) is 0 Å². The summed E-state index contributed by atoms with van der Waals surface area (Å²) in [7, 11) is -3.82. The third-order valence-electron chi connectivity index (χ3n) is 6.03. The molecule has 2 rings (SSSR count). The van der Waals surface area contributed by atoms with Crippen molar-refractivity contribution in [3.05, 3.63) is 34.4 Å². The van der Waals surface area contributed by atoms with E-state index in [2.05, 4.69) is 13.8 Å². The van der Waals surface area contributed by atoms with Crippen LogP contribution < -0.4 is 0 Å². The summed E-state index contributed by atoms with van der Waals surface area (Å²) in [4.78, 5) is 26.4. The van der Waals surface area contributed by atoms with Crippen molar-refractivity contribution in [1.82, 2.24) is 0 Å². The van der Waals surface area contributed by atoms with Crippen molar-refractivity contribution in [1.29, 1.82) is 0 Å². The Labute approximate surface area is 176 Å². The first kappa shape index (κ1) is 23.9. The van der Waals surface area contributed by atoms with E-state index in [1.807, 2.05) is 39.8 Å². The van der Waals surface area contributed by atoms with Gasteiger partial charge >= 0.3 is 13.3 Å². The molecule has 0 aromatic heterocycles. The molecule has 4 nitrogen and oxygen atoms in total. The predicted octanol–water partition coefficient (Wildman–Crippen LogP) is 6.98. The lowest BCUT2D eigenvalue weighted by molar-refractivity contribution is -0.138. The summed E-state index contributed by atoms with van der Waals surface area (Å²) in [6.45, 7) is 11.7. The zero-order valence-electron chi connectivity index (χ0n) is 18.9. The zero-order chi connectivity index (χ0) is 21.8. The largest absolute Gasteiger partial charge is 0.405 e. The molecule has 1 saturated carbocycles. The molecule has 5 heteroatoms. The molecule has 1 aromatic rings. The Kier molecular flexibility index (Phi) is 8.28.